The van der Waals surface area contributed by atoms with E-state index in [1.54, 1.807) is 72.8 Å². The lowest BCUT2D eigenvalue weighted by Crippen LogP contribution is -2.30. The molecule has 0 saturated carbocycles. The number of ether oxygens (including phenoxy) is 17. The zero-order chi connectivity index (χ0) is 106. The smallest absolute Gasteiger partial charge is 0.335 e. The van der Waals surface area contributed by atoms with Gasteiger partial charge in [0.25, 0.3) is 12.6 Å². The summed E-state index contributed by atoms with van der Waals surface area (Å²) in [6.07, 6.45) is 8.47. The zero-order valence-electron chi connectivity index (χ0n) is 77.9. The van der Waals surface area contributed by atoms with Gasteiger partial charge in [0.05, 0.1) is 22.3 Å². The number of carbonyl (C=O) groups excluding carboxylic acids is 18. The SMILES string of the molecule is C=CC(=O)NCc1ccc(C(=O)c2cc(OC(COC(=O)C=C)OC(=O)C=C)ccc2OCC(COC(=O)C=C)OC(=O)C=C)cc1.C=CC(=O)OCC(COc1ccc(OC(COC(=O)C=C)OC(=O)C=C)cc1C(=O)c1ccc(C)cc1)OC(=O)C=C.C=CC(=O)OCc1ccc(C(=O)c2cc(OC(=O)C=C)ccc2OC(=O)C=C)cc1.C=CC(=O)Oc1ccc(OC(=O)C=C)c(C(=O)c2ccc(C)cc2)c1. The third-order valence-corrected chi connectivity index (χ3v) is 17.9. The molecule has 0 aliphatic carbocycles. The molecule has 1 amide bonds. The molecule has 0 aliphatic rings. The number of aryl methyl sites for hydroxylation is 2. The molecule has 0 radical (unpaired) electrons. The Morgan fingerprint density at radius 2 is 0.521 bits per heavy atom. The van der Waals surface area contributed by atoms with Crippen molar-refractivity contribution in [2.45, 2.75) is 51.8 Å². The van der Waals surface area contributed by atoms with E-state index >= 15 is 0 Å². The van der Waals surface area contributed by atoms with Crippen molar-refractivity contribution >= 4 is 107 Å². The molecule has 0 aliphatic heterocycles. The van der Waals surface area contributed by atoms with Crippen LogP contribution in [0.25, 0.3) is 0 Å². The van der Waals surface area contributed by atoms with Gasteiger partial charge < -0.3 is 85.8 Å². The van der Waals surface area contributed by atoms with Crippen LogP contribution < -0.4 is 43.2 Å². The third kappa shape index (κ3) is 40.1. The number of carbonyl (C=O) groups is 18. The van der Waals surface area contributed by atoms with Gasteiger partial charge in [-0.15, -0.1) is 0 Å². The van der Waals surface area contributed by atoms with Crippen molar-refractivity contribution in [2.75, 3.05) is 39.6 Å². The minimum Gasteiger partial charge on any atom is -0.489 e. The minimum absolute atomic E-state index is 0.00500. The monoisotopic (exact) mass is 1970 g/mol. The van der Waals surface area contributed by atoms with Crippen LogP contribution in [-0.4, -0.2) is 171 Å². The van der Waals surface area contributed by atoms with Gasteiger partial charge in [-0.05, 0) is 104 Å². The zero-order valence-corrected chi connectivity index (χ0v) is 77.9. The molecule has 0 spiro atoms. The second kappa shape index (κ2) is 60.9. The Morgan fingerprint density at radius 1 is 0.257 bits per heavy atom. The number of amides is 1. The van der Waals surface area contributed by atoms with Crippen LogP contribution in [0, 0.1) is 13.8 Å². The van der Waals surface area contributed by atoms with E-state index in [0.29, 0.717) is 22.3 Å². The molecular weight excluding hydrogens is 1870 g/mol. The summed E-state index contributed by atoms with van der Waals surface area (Å²) in [5, 5.41) is 2.63. The van der Waals surface area contributed by atoms with Crippen molar-refractivity contribution in [2.24, 2.45) is 0 Å². The highest BCUT2D eigenvalue weighted by Gasteiger charge is 2.29. The molecule has 4 unspecified atom stereocenters. The molecule has 1 N–H and O–H groups in total. The molecule has 0 bridgehead atoms. The molecule has 8 aromatic rings. The first-order valence-electron chi connectivity index (χ1n) is 42.2. The second-order valence-corrected chi connectivity index (χ2v) is 28.2. The quantitative estimate of drug-likeness (QED) is 0.00923. The Hall–Kier alpha value is -19.4. The molecule has 744 valence electrons. The van der Waals surface area contributed by atoms with Crippen LogP contribution >= 0.6 is 0 Å². The summed E-state index contributed by atoms with van der Waals surface area (Å²) in [6, 6.07) is 42.6. The summed E-state index contributed by atoms with van der Waals surface area (Å²) < 4.78 is 88.7. The first-order chi connectivity index (χ1) is 68.9. The summed E-state index contributed by atoms with van der Waals surface area (Å²) >= 11 is 0. The second-order valence-electron chi connectivity index (χ2n) is 28.2. The number of rotatable bonds is 52. The summed E-state index contributed by atoms with van der Waals surface area (Å²) in [7, 11) is 0. The van der Waals surface area contributed by atoms with Crippen LogP contribution in [0.5, 0.6) is 46.0 Å². The molecule has 36 heteroatoms. The summed E-state index contributed by atoms with van der Waals surface area (Å²) in [5.41, 5.74) is 4.62. The van der Waals surface area contributed by atoms with Gasteiger partial charge in [0.1, 0.15) is 79.0 Å². The number of ketones is 4. The molecule has 144 heavy (non-hydrogen) atoms. The van der Waals surface area contributed by atoms with E-state index in [-0.39, 0.29) is 124 Å². The van der Waals surface area contributed by atoms with Crippen LogP contribution in [-0.2, 0) is 123 Å². The molecular formula is C108H97NO35. The van der Waals surface area contributed by atoms with Gasteiger partial charge in [0.2, 0.25) is 5.91 Å². The molecule has 0 aromatic heterocycles. The van der Waals surface area contributed by atoms with Crippen molar-refractivity contribution in [1.29, 1.82) is 0 Å². The Labute approximate surface area is 825 Å². The van der Waals surface area contributed by atoms with Gasteiger partial charge in [0, 0.05) is 108 Å². The predicted octanol–water partition coefficient (Wildman–Crippen LogP) is 13.4. The van der Waals surface area contributed by atoms with Crippen molar-refractivity contribution in [3.63, 3.8) is 0 Å². The van der Waals surface area contributed by atoms with E-state index in [1.807, 2.05) is 13.8 Å². The fourth-order valence-corrected chi connectivity index (χ4v) is 10.8. The van der Waals surface area contributed by atoms with Gasteiger partial charge in [-0.2, -0.15) is 0 Å². The standard InChI is InChI=1S/C34H33NO12.C31H30O11.C23H18O7.C20H16O5/c1-6-28(36)35-18-22-11-13-23(14-12-22)34(41)26-17-24(46-33(47-32(40)10-5)21-44-30(38)8-3)15-16-27(26)42-19-25(45-31(39)9-4)20-43-29(37)7-2;1-6-26(32)38-18-23(40-28(34)8-3)17-37-25-15-14-22(16-24(25)31(36)21-12-10-20(5)11-13-21)41-30(42-29(35)9-4)19-39-27(33)7-2;1-4-20(24)28-14-15-7-9-16(10-8-15)23(27)18-13-17(29-21(25)5-2)11-12-19(18)30-22(26)6-3;1-4-18(21)24-15-10-11-17(25-19(22)5-2)16(12-15)20(23)14-8-6-13(3)7-9-14/h6-17,25,33H,1-5,18-21H2,(H,35,36);6-16,23,30H,1-4,17-19H2,5H3;4-13H,1-3,14H2;4-12H,1-2H2,3H3. The number of benzene rings is 8. The van der Waals surface area contributed by atoms with Gasteiger partial charge in [-0.3, -0.25) is 24.0 Å². The van der Waals surface area contributed by atoms with Gasteiger partial charge in [-0.1, -0.05) is 200 Å². The lowest BCUT2D eigenvalue weighted by Gasteiger charge is -2.21. The fourth-order valence-electron chi connectivity index (χ4n) is 10.8. The van der Waals surface area contributed by atoms with E-state index in [2.05, 4.69) is 97.4 Å². The van der Waals surface area contributed by atoms with Crippen LogP contribution in [0.4, 0.5) is 0 Å². The molecule has 8 rings (SSSR count). The highest BCUT2D eigenvalue weighted by molar-refractivity contribution is 6.14. The number of hydrogen-bond donors (Lipinski definition) is 1. The van der Waals surface area contributed by atoms with Crippen molar-refractivity contribution in [1.82, 2.24) is 5.32 Å². The molecule has 0 fully saturated rings. The van der Waals surface area contributed by atoms with Gasteiger partial charge in [0.15, 0.2) is 48.6 Å². The maximum Gasteiger partial charge on any atom is 0.335 e. The third-order valence-electron chi connectivity index (χ3n) is 17.9. The molecule has 0 saturated heterocycles. The summed E-state index contributed by atoms with van der Waals surface area (Å²) in [4.78, 5) is 215. The van der Waals surface area contributed by atoms with E-state index in [0.717, 1.165) is 96.2 Å². The topological polar surface area (TPSA) is 476 Å². The highest BCUT2D eigenvalue weighted by Crippen LogP contribution is 2.34. The van der Waals surface area contributed by atoms with E-state index in [9.17, 15) is 86.3 Å². The van der Waals surface area contributed by atoms with Crippen molar-refractivity contribution in [3.8, 4) is 46.0 Å². The van der Waals surface area contributed by atoms with Gasteiger partial charge >= 0.3 is 77.6 Å². The van der Waals surface area contributed by atoms with E-state index in [4.69, 9.17) is 80.5 Å². The molecule has 4 atom stereocenters. The summed E-state index contributed by atoms with van der Waals surface area (Å²) in [6.45, 7) is 48.1. The summed E-state index contributed by atoms with van der Waals surface area (Å²) in [5.74, 6) is -11.6. The first-order valence-corrected chi connectivity index (χ1v) is 42.2. The Balaban J connectivity index is 0.000000347. The number of nitrogens with one attached hydrogen (secondary N) is 1. The van der Waals surface area contributed by atoms with Crippen molar-refractivity contribution < 1.29 is 167 Å². The predicted molar refractivity (Wildman–Crippen MR) is 517 cm³/mol. The Bertz CT molecular complexity index is 6210. The average Bonchev–Trinajstić information content (AvgIpc) is 0.824. The van der Waals surface area contributed by atoms with Crippen LogP contribution in [0.2, 0.25) is 0 Å². The lowest BCUT2D eigenvalue weighted by molar-refractivity contribution is -0.171. The Morgan fingerprint density at radius 3 is 0.840 bits per heavy atom. The highest BCUT2D eigenvalue weighted by atomic mass is 16.7. The Kier molecular flexibility index (Phi) is 48.7. The average molecular weight is 1970 g/mol. The van der Waals surface area contributed by atoms with E-state index < -0.39 is 140 Å². The van der Waals surface area contributed by atoms with Crippen LogP contribution in [0.1, 0.15) is 85.9 Å². The van der Waals surface area contributed by atoms with Crippen LogP contribution in [0.15, 0.2) is 347 Å². The van der Waals surface area contributed by atoms with Gasteiger partial charge in [-0.25, -0.2) is 62.3 Å². The van der Waals surface area contributed by atoms with Crippen LogP contribution in [0.3, 0.4) is 0 Å². The molecule has 36 nitrogen and oxygen atoms in total. The lowest BCUT2D eigenvalue weighted by atomic mass is 10.0. The number of hydrogen-bond acceptors (Lipinski definition) is 35. The first kappa shape index (κ1) is 115. The molecule has 8 aromatic carbocycles. The fraction of sp³-hybridized carbons (Fsp3) is 0.130. The maximum atomic E-state index is 13.8. The minimum atomic E-state index is -1.44. The number of esters is 13. The largest absolute Gasteiger partial charge is 0.489 e. The van der Waals surface area contributed by atoms with E-state index in [1.165, 1.54) is 97.1 Å². The molecule has 0 heterocycles. The maximum absolute atomic E-state index is 13.8. The van der Waals surface area contributed by atoms with Crippen molar-refractivity contribution in [3.05, 3.63) is 414 Å². The normalized spacial score (nSPS) is 10.7.